The van der Waals surface area contributed by atoms with Crippen LogP contribution < -0.4 is 16.0 Å². The van der Waals surface area contributed by atoms with Crippen molar-refractivity contribution >= 4 is 23.6 Å². The summed E-state index contributed by atoms with van der Waals surface area (Å²) >= 11 is 0. The Morgan fingerprint density at radius 3 is 2.23 bits per heavy atom. The standard InChI is InChI=1S/C21H25N3O6/c1-21(2,3)30-20(29)23-12-18(27)24-17-7-5-4-6-13(17)11-22-19(28)14-8-15(25)10-16(26)9-14/h4-10,25-26H,11-12H2,1-3H3,(H,22,28)(H,23,29)(H,24,27). The maximum atomic E-state index is 12.3. The number of rotatable bonds is 6. The number of para-hydroxylation sites is 1. The summed E-state index contributed by atoms with van der Waals surface area (Å²) in [5.74, 6) is -1.43. The third-order valence-electron chi connectivity index (χ3n) is 3.69. The van der Waals surface area contributed by atoms with Crippen molar-refractivity contribution < 1.29 is 29.3 Å². The number of carbonyl (C=O) groups excluding carboxylic acids is 3. The summed E-state index contributed by atoms with van der Waals surface area (Å²) in [7, 11) is 0. The van der Waals surface area contributed by atoms with E-state index in [-0.39, 0.29) is 30.2 Å². The Kier molecular flexibility index (Phi) is 7.24. The van der Waals surface area contributed by atoms with Gasteiger partial charge in [0.05, 0.1) is 0 Å². The molecule has 0 aromatic heterocycles. The summed E-state index contributed by atoms with van der Waals surface area (Å²) in [6, 6.07) is 10.4. The summed E-state index contributed by atoms with van der Waals surface area (Å²) < 4.78 is 5.07. The lowest BCUT2D eigenvalue weighted by atomic mass is 10.1. The van der Waals surface area contributed by atoms with Gasteiger partial charge in [0.1, 0.15) is 23.6 Å². The molecule has 0 aliphatic heterocycles. The molecule has 0 unspecified atom stereocenters. The van der Waals surface area contributed by atoms with Gasteiger partial charge >= 0.3 is 6.09 Å². The number of aromatic hydroxyl groups is 2. The Balaban J connectivity index is 1.94. The molecule has 0 atom stereocenters. The molecular formula is C21H25N3O6. The fraction of sp³-hybridized carbons (Fsp3) is 0.286. The van der Waals surface area contributed by atoms with Gasteiger partial charge in [-0.25, -0.2) is 4.79 Å². The molecule has 0 heterocycles. The van der Waals surface area contributed by atoms with Gasteiger partial charge < -0.3 is 30.9 Å². The largest absolute Gasteiger partial charge is 0.508 e. The molecule has 0 radical (unpaired) electrons. The zero-order valence-electron chi connectivity index (χ0n) is 17.0. The first-order valence-electron chi connectivity index (χ1n) is 9.19. The third kappa shape index (κ3) is 7.34. The highest BCUT2D eigenvalue weighted by atomic mass is 16.6. The van der Waals surface area contributed by atoms with E-state index in [0.29, 0.717) is 11.3 Å². The summed E-state index contributed by atoms with van der Waals surface area (Å²) in [4.78, 5) is 36.1. The van der Waals surface area contributed by atoms with Crippen molar-refractivity contribution in [3.8, 4) is 11.5 Å². The minimum Gasteiger partial charge on any atom is -0.508 e. The fourth-order valence-electron chi connectivity index (χ4n) is 2.46. The van der Waals surface area contributed by atoms with Crippen LogP contribution in [0, 0.1) is 0 Å². The topological polar surface area (TPSA) is 137 Å². The van der Waals surface area contributed by atoms with Gasteiger partial charge in [-0.3, -0.25) is 9.59 Å². The van der Waals surface area contributed by atoms with Gasteiger partial charge in [-0.15, -0.1) is 0 Å². The first-order valence-corrected chi connectivity index (χ1v) is 9.19. The number of nitrogens with one attached hydrogen (secondary N) is 3. The van der Waals surface area contributed by atoms with Crippen LogP contribution in [-0.4, -0.2) is 40.3 Å². The van der Waals surface area contributed by atoms with Crippen molar-refractivity contribution in [2.45, 2.75) is 32.9 Å². The van der Waals surface area contributed by atoms with E-state index in [1.807, 2.05) is 0 Å². The Labute approximate surface area is 174 Å². The highest BCUT2D eigenvalue weighted by Crippen LogP contribution is 2.21. The molecule has 0 aliphatic carbocycles. The summed E-state index contributed by atoms with van der Waals surface area (Å²) in [6.07, 6.45) is -0.701. The molecule has 9 nitrogen and oxygen atoms in total. The Morgan fingerprint density at radius 2 is 1.60 bits per heavy atom. The van der Waals surface area contributed by atoms with Gasteiger partial charge in [-0.05, 0) is 44.5 Å². The fourth-order valence-corrected chi connectivity index (χ4v) is 2.46. The van der Waals surface area contributed by atoms with Crippen LogP contribution in [0.5, 0.6) is 11.5 Å². The molecule has 0 fully saturated rings. The zero-order chi connectivity index (χ0) is 22.3. The van der Waals surface area contributed by atoms with E-state index in [4.69, 9.17) is 4.74 Å². The summed E-state index contributed by atoms with van der Waals surface area (Å²) in [6.45, 7) is 4.96. The number of hydrogen-bond acceptors (Lipinski definition) is 6. The number of phenols is 2. The van der Waals surface area contributed by atoms with Gasteiger partial charge in [0.15, 0.2) is 0 Å². The zero-order valence-corrected chi connectivity index (χ0v) is 17.0. The van der Waals surface area contributed by atoms with Gasteiger partial charge in [0, 0.05) is 23.9 Å². The molecule has 0 aliphatic rings. The second kappa shape index (κ2) is 9.64. The lowest BCUT2D eigenvalue weighted by Crippen LogP contribution is -2.37. The minimum absolute atomic E-state index is 0.0885. The van der Waals surface area contributed by atoms with E-state index in [1.54, 1.807) is 45.0 Å². The number of hydrogen-bond donors (Lipinski definition) is 5. The lowest BCUT2D eigenvalue weighted by molar-refractivity contribution is -0.115. The molecule has 2 rings (SSSR count). The molecule has 0 bridgehead atoms. The Bertz CT molecular complexity index is 916. The third-order valence-corrected chi connectivity index (χ3v) is 3.69. The summed E-state index contributed by atoms with van der Waals surface area (Å²) in [5.41, 5.74) is 0.515. The predicted molar refractivity (Wildman–Crippen MR) is 110 cm³/mol. The number of anilines is 1. The van der Waals surface area contributed by atoms with Crippen LogP contribution in [0.15, 0.2) is 42.5 Å². The van der Waals surface area contributed by atoms with Crippen molar-refractivity contribution in [2.75, 3.05) is 11.9 Å². The van der Waals surface area contributed by atoms with E-state index >= 15 is 0 Å². The van der Waals surface area contributed by atoms with Crippen molar-refractivity contribution in [3.05, 3.63) is 53.6 Å². The Hall–Kier alpha value is -3.75. The van der Waals surface area contributed by atoms with Crippen LogP contribution in [0.4, 0.5) is 10.5 Å². The molecule has 2 aromatic carbocycles. The number of carbonyl (C=O) groups is 3. The van der Waals surface area contributed by atoms with Crippen LogP contribution in [0.25, 0.3) is 0 Å². The van der Waals surface area contributed by atoms with Crippen molar-refractivity contribution in [1.82, 2.24) is 10.6 Å². The number of phenolic OH excluding ortho intramolecular Hbond substituents is 2. The van der Waals surface area contributed by atoms with Gasteiger partial charge in [0.2, 0.25) is 5.91 Å². The smallest absolute Gasteiger partial charge is 0.408 e. The number of benzene rings is 2. The predicted octanol–water partition coefficient (Wildman–Crippen LogP) is 2.49. The molecule has 0 saturated heterocycles. The molecule has 2 aromatic rings. The SMILES string of the molecule is CC(C)(C)OC(=O)NCC(=O)Nc1ccccc1CNC(=O)c1cc(O)cc(O)c1. The van der Waals surface area contributed by atoms with Crippen molar-refractivity contribution in [2.24, 2.45) is 0 Å². The quantitative estimate of drug-likeness (QED) is 0.492. The lowest BCUT2D eigenvalue weighted by Gasteiger charge is -2.19. The first-order chi connectivity index (χ1) is 14.0. The van der Waals surface area contributed by atoms with Crippen molar-refractivity contribution in [1.29, 1.82) is 0 Å². The molecule has 160 valence electrons. The second-order valence-corrected chi connectivity index (χ2v) is 7.48. The van der Waals surface area contributed by atoms with Crippen LogP contribution in [-0.2, 0) is 16.1 Å². The van der Waals surface area contributed by atoms with Crippen LogP contribution in [0.2, 0.25) is 0 Å². The Morgan fingerprint density at radius 1 is 0.967 bits per heavy atom. The molecule has 30 heavy (non-hydrogen) atoms. The van der Waals surface area contributed by atoms with E-state index in [1.165, 1.54) is 12.1 Å². The highest BCUT2D eigenvalue weighted by molar-refractivity contribution is 5.96. The van der Waals surface area contributed by atoms with E-state index in [0.717, 1.165) is 6.07 Å². The highest BCUT2D eigenvalue weighted by Gasteiger charge is 2.17. The number of alkyl carbamates (subject to hydrolysis) is 1. The van der Waals surface area contributed by atoms with Crippen LogP contribution in [0.1, 0.15) is 36.7 Å². The van der Waals surface area contributed by atoms with E-state index < -0.39 is 23.5 Å². The van der Waals surface area contributed by atoms with E-state index in [2.05, 4.69) is 16.0 Å². The van der Waals surface area contributed by atoms with Gasteiger partial charge in [-0.2, -0.15) is 0 Å². The van der Waals surface area contributed by atoms with Crippen LogP contribution >= 0.6 is 0 Å². The second-order valence-electron chi connectivity index (χ2n) is 7.48. The maximum absolute atomic E-state index is 12.3. The van der Waals surface area contributed by atoms with Gasteiger partial charge in [-0.1, -0.05) is 18.2 Å². The number of amides is 3. The summed E-state index contributed by atoms with van der Waals surface area (Å²) in [5, 5.41) is 26.7. The average Bonchev–Trinajstić information content (AvgIpc) is 2.63. The van der Waals surface area contributed by atoms with Crippen molar-refractivity contribution in [3.63, 3.8) is 0 Å². The van der Waals surface area contributed by atoms with E-state index in [9.17, 15) is 24.6 Å². The molecular weight excluding hydrogens is 390 g/mol. The minimum atomic E-state index is -0.701. The maximum Gasteiger partial charge on any atom is 0.408 e. The molecule has 3 amide bonds. The molecule has 0 spiro atoms. The average molecular weight is 415 g/mol. The molecule has 5 N–H and O–H groups in total. The number of ether oxygens (including phenoxy) is 1. The van der Waals surface area contributed by atoms with Crippen LogP contribution in [0.3, 0.4) is 0 Å². The monoisotopic (exact) mass is 415 g/mol. The van der Waals surface area contributed by atoms with Gasteiger partial charge in [0.25, 0.3) is 5.91 Å². The first kappa shape index (κ1) is 22.5. The molecule has 9 heteroatoms. The normalized spacial score (nSPS) is 10.8. The molecule has 0 saturated carbocycles.